The van der Waals surface area contributed by atoms with Gasteiger partial charge in [0, 0.05) is 19.2 Å². The number of hydrogen-bond donors (Lipinski definition) is 0. The maximum Gasteiger partial charge on any atom is 0.242 e. The summed E-state index contributed by atoms with van der Waals surface area (Å²) in [4.78, 5) is 40.3. The number of amides is 3. The Bertz CT molecular complexity index is 763. The van der Waals surface area contributed by atoms with Crippen molar-refractivity contribution >= 4 is 17.7 Å². The molecule has 1 fully saturated rings. The Balaban J connectivity index is 1.68. The summed E-state index contributed by atoms with van der Waals surface area (Å²) < 4.78 is 10.7. The lowest BCUT2D eigenvalue weighted by Crippen LogP contribution is -2.41. The summed E-state index contributed by atoms with van der Waals surface area (Å²) in [6.07, 6.45) is 4.99. The Morgan fingerprint density at radius 3 is 2.30 bits per heavy atom. The van der Waals surface area contributed by atoms with Gasteiger partial charge < -0.3 is 14.4 Å². The summed E-state index contributed by atoms with van der Waals surface area (Å²) in [5, 5.41) is 0. The van der Waals surface area contributed by atoms with Gasteiger partial charge >= 0.3 is 0 Å². The number of likely N-dealkylation sites (N-methyl/N-ethyl adjacent to an activating group) is 1. The fraction of sp³-hybridized carbons (Fsp3) is 0.450. The van der Waals surface area contributed by atoms with E-state index in [0.29, 0.717) is 24.3 Å². The Labute approximate surface area is 158 Å². The standard InChI is InChI=1S/C20H24N2O5/c1-21(11-13-7-6-10-16(26-2)18(13)27-3)17(23)12-22-19(24)14-8-4-5-9-15(14)20(22)25/h4-7,10,14-15H,8-9,11-12H2,1-3H3/t14-,15-/m1/s1. The molecule has 0 N–H and O–H groups in total. The molecule has 2 aliphatic rings. The second-order valence-electron chi connectivity index (χ2n) is 6.82. The molecule has 0 bridgehead atoms. The van der Waals surface area contributed by atoms with Crippen LogP contribution in [0.25, 0.3) is 0 Å². The van der Waals surface area contributed by atoms with Crippen molar-refractivity contribution in [3.8, 4) is 11.5 Å². The number of imide groups is 1. The predicted octanol–water partition coefficient (Wildman–Crippen LogP) is 1.61. The molecular weight excluding hydrogens is 348 g/mol. The molecule has 1 aliphatic carbocycles. The van der Waals surface area contributed by atoms with E-state index >= 15 is 0 Å². The monoisotopic (exact) mass is 372 g/mol. The summed E-state index contributed by atoms with van der Waals surface area (Å²) in [5.41, 5.74) is 0.782. The number of likely N-dealkylation sites (tertiary alicyclic amines) is 1. The van der Waals surface area contributed by atoms with Crippen molar-refractivity contribution in [2.75, 3.05) is 27.8 Å². The number of nitrogens with zero attached hydrogens (tertiary/aromatic N) is 2. The first-order valence-electron chi connectivity index (χ1n) is 8.92. The number of carbonyl (C=O) groups is 3. The maximum absolute atomic E-state index is 12.6. The molecule has 0 radical (unpaired) electrons. The summed E-state index contributed by atoms with van der Waals surface area (Å²) in [6, 6.07) is 5.44. The molecule has 144 valence electrons. The first-order valence-corrected chi connectivity index (χ1v) is 8.92. The highest BCUT2D eigenvalue weighted by atomic mass is 16.5. The number of carbonyl (C=O) groups excluding carboxylic acids is 3. The minimum Gasteiger partial charge on any atom is -0.493 e. The molecule has 7 heteroatoms. The zero-order valence-electron chi connectivity index (χ0n) is 15.8. The van der Waals surface area contributed by atoms with E-state index in [2.05, 4.69) is 0 Å². The summed E-state index contributed by atoms with van der Waals surface area (Å²) in [5.74, 6) is -0.279. The Morgan fingerprint density at radius 2 is 1.74 bits per heavy atom. The Morgan fingerprint density at radius 1 is 1.11 bits per heavy atom. The second kappa shape index (κ2) is 7.82. The lowest BCUT2D eigenvalue weighted by Gasteiger charge is -2.22. The largest absolute Gasteiger partial charge is 0.493 e. The summed E-state index contributed by atoms with van der Waals surface area (Å²) in [7, 11) is 4.73. The van der Waals surface area contributed by atoms with Crippen LogP contribution in [0.4, 0.5) is 0 Å². The van der Waals surface area contributed by atoms with Crippen molar-refractivity contribution in [3.63, 3.8) is 0 Å². The number of methoxy groups -OCH3 is 2. The first kappa shape index (κ1) is 18.9. The smallest absolute Gasteiger partial charge is 0.242 e. The average Bonchev–Trinajstić information content (AvgIpc) is 2.92. The molecule has 0 spiro atoms. The van der Waals surface area contributed by atoms with Gasteiger partial charge in [0.15, 0.2) is 11.5 Å². The topological polar surface area (TPSA) is 76.2 Å². The molecule has 1 aliphatic heterocycles. The number of rotatable bonds is 6. The fourth-order valence-electron chi connectivity index (χ4n) is 3.70. The van der Waals surface area contributed by atoms with Crippen LogP contribution in [0.3, 0.4) is 0 Å². The van der Waals surface area contributed by atoms with Crippen LogP contribution >= 0.6 is 0 Å². The van der Waals surface area contributed by atoms with Gasteiger partial charge in [0.1, 0.15) is 6.54 Å². The zero-order valence-corrected chi connectivity index (χ0v) is 15.8. The molecule has 1 saturated heterocycles. The number of para-hydroxylation sites is 1. The minimum absolute atomic E-state index is 0.229. The van der Waals surface area contributed by atoms with Crippen LogP contribution < -0.4 is 9.47 Å². The summed E-state index contributed by atoms with van der Waals surface area (Å²) >= 11 is 0. The quantitative estimate of drug-likeness (QED) is 0.560. The predicted molar refractivity (Wildman–Crippen MR) is 98.1 cm³/mol. The van der Waals surface area contributed by atoms with E-state index in [1.807, 2.05) is 24.3 Å². The van der Waals surface area contributed by atoms with Crippen molar-refractivity contribution < 1.29 is 23.9 Å². The summed E-state index contributed by atoms with van der Waals surface area (Å²) in [6.45, 7) is 0.0529. The lowest BCUT2D eigenvalue weighted by atomic mass is 9.85. The van der Waals surface area contributed by atoms with Crippen LogP contribution in [0.2, 0.25) is 0 Å². The van der Waals surface area contributed by atoms with Crippen LogP contribution in [0, 0.1) is 11.8 Å². The molecule has 3 amide bonds. The molecule has 7 nitrogen and oxygen atoms in total. The van der Waals surface area contributed by atoms with Crippen LogP contribution in [-0.2, 0) is 20.9 Å². The first-order chi connectivity index (χ1) is 13.0. The zero-order chi connectivity index (χ0) is 19.6. The van der Waals surface area contributed by atoms with Crippen molar-refractivity contribution in [1.29, 1.82) is 0 Å². The SMILES string of the molecule is COc1cccc(CN(C)C(=O)CN2C(=O)[C@@H]3CC=CC[C@H]3C2=O)c1OC. The van der Waals surface area contributed by atoms with Crippen LogP contribution in [0.5, 0.6) is 11.5 Å². The van der Waals surface area contributed by atoms with Gasteiger partial charge in [-0.15, -0.1) is 0 Å². The van der Waals surface area contributed by atoms with E-state index in [9.17, 15) is 14.4 Å². The third kappa shape index (κ3) is 3.54. The van der Waals surface area contributed by atoms with Crippen LogP contribution in [-0.4, -0.2) is 55.3 Å². The Hall–Kier alpha value is -2.83. The van der Waals surface area contributed by atoms with Gasteiger partial charge in [-0.1, -0.05) is 24.3 Å². The normalized spacial score (nSPS) is 21.2. The maximum atomic E-state index is 12.6. The number of benzene rings is 1. The van der Waals surface area contributed by atoms with Crippen molar-refractivity contribution in [2.45, 2.75) is 19.4 Å². The van der Waals surface area contributed by atoms with E-state index in [-0.39, 0.29) is 42.6 Å². The Kier molecular flexibility index (Phi) is 5.48. The fourth-order valence-corrected chi connectivity index (χ4v) is 3.70. The third-order valence-corrected chi connectivity index (χ3v) is 5.21. The van der Waals surface area contributed by atoms with Gasteiger partial charge in [0.25, 0.3) is 0 Å². The van der Waals surface area contributed by atoms with E-state index in [1.165, 1.54) is 4.90 Å². The molecule has 1 aromatic rings. The molecule has 0 saturated carbocycles. The molecule has 0 aromatic heterocycles. The van der Waals surface area contributed by atoms with Crippen LogP contribution in [0.15, 0.2) is 30.4 Å². The van der Waals surface area contributed by atoms with Gasteiger partial charge in [-0.2, -0.15) is 0 Å². The number of allylic oxidation sites excluding steroid dienone is 2. The average molecular weight is 372 g/mol. The highest BCUT2D eigenvalue weighted by Crippen LogP contribution is 2.35. The van der Waals surface area contributed by atoms with E-state index in [4.69, 9.17) is 9.47 Å². The van der Waals surface area contributed by atoms with E-state index < -0.39 is 0 Å². The lowest BCUT2D eigenvalue weighted by molar-refractivity contribution is -0.146. The highest BCUT2D eigenvalue weighted by molar-refractivity contribution is 6.07. The number of fused-ring (bicyclic) bond motifs is 1. The van der Waals surface area contributed by atoms with Gasteiger partial charge in [-0.05, 0) is 18.9 Å². The van der Waals surface area contributed by atoms with E-state index in [1.54, 1.807) is 27.3 Å². The minimum atomic E-state index is -0.320. The molecule has 1 heterocycles. The molecular formula is C20H24N2O5. The van der Waals surface area contributed by atoms with Gasteiger partial charge in [-0.25, -0.2) is 0 Å². The van der Waals surface area contributed by atoms with Gasteiger partial charge in [-0.3, -0.25) is 19.3 Å². The molecule has 3 rings (SSSR count). The van der Waals surface area contributed by atoms with Gasteiger partial charge in [0.05, 0.1) is 26.1 Å². The molecule has 27 heavy (non-hydrogen) atoms. The highest BCUT2D eigenvalue weighted by Gasteiger charge is 2.47. The number of ether oxygens (including phenoxy) is 2. The number of hydrogen-bond acceptors (Lipinski definition) is 5. The molecule has 2 atom stereocenters. The van der Waals surface area contributed by atoms with Crippen molar-refractivity contribution in [2.24, 2.45) is 11.8 Å². The van der Waals surface area contributed by atoms with Crippen LogP contribution in [0.1, 0.15) is 18.4 Å². The third-order valence-electron chi connectivity index (χ3n) is 5.21. The second-order valence-corrected chi connectivity index (χ2v) is 6.82. The van der Waals surface area contributed by atoms with E-state index in [0.717, 1.165) is 10.5 Å². The van der Waals surface area contributed by atoms with Crippen molar-refractivity contribution in [1.82, 2.24) is 9.80 Å². The molecule has 0 unspecified atom stereocenters. The molecule has 1 aromatic carbocycles. The van der Waals surface area contributed by atoms with Crippen molar-refractivity contribution in [3.05, 3.63) is 35.9 Å². The van der Waals surface area contributed by atoms with Gasteiger partial charge in [0.2, 0.25) is 17.7 Å².